The van der Waals surface area contributed by atoms with E-state index in [1.54, 1.807) is 36.4 Å². The van der Waals surface area contributed by atoms with Crippen molar-refractivity contribution in [2.45, 2.75) is 31.1 Å². The van der Waals surface area contributed by atoms with Crippen molar-refractivity contribution in [1.82, 2.24) is 5.01 Å². The monoisotopic (exact) mass is 532 g/mol. The highest BCUT2D eigenvalue weighted by atomic mass is 35.5. The summed E-state index contributed by atoms with van der Waals surface area (Å²) in [6.07, 6.45) is 0.635. The Bertz CT molecular complexity index is 1410. The number of carbonyl (C=O) groups is 2. The molecule has 2 amide bonds. The van der Waals surface area contributed by atoms with Crippen LogP contribution in [0.15, 0.2) is 82.9 Å². The van der Waals surface area contributed by atoms with Gasteiger partial charge in [0.25, 0.3) is 5.91 Å². The predicted octanol–water partition coefficient (Wildman–Crippen LogP) is 5.83. The predicted molar refractivity (Wildman–Crippen MR) is 148 cm³/mol. The molecule has 0 bridgehead atoms. The van der Waals surface area contributed by atoms with E-state index in [4.69, 9.17) is 21.4 Å². The number of anilines is 1. The second kappa shape index (κ2) is 10.8. The molecular weight excluding hydrogens is 508 g/mol. The van der Waals surface area contributed by atoms with Crippen molar-refractivity contribution in [3.05, 3.63) is 94.5 Å². The average Bonchev–Trinajstić information content (AvgIpc) is 3.48. The minimum atomic E-state index is -0.626. The van der Waals surface area contributed by atoms with E-state index < -0.39 is 5.25 Å². The Labute approximate surface area is 224 Å². The van der Waals surface area contributed by atoms with E-state index in [1.807, 2.05) is 43.3 Å². The fourth-order valence-corrected chi connectivity index (χ4v) is 5.53. The minimum absolute atomic E-state index is 0.00207. The smallest absolute Gasteiger partial charge is 0.262 e. The first-order valence-electron chi connectivity index (χ1n) is 11.8. The first-order chi connectivity index (χ1) is 17.9. The summed E-state index contributed by atoms with van der Waals surface area (Å²) in [5, 5.41) is 9.99. The third-order valence-electron chi connectivity index (χ3n) is 6.18. The van der Waals surface area contributed by atoms with Gasteiger partial charge in [0.05, 0.1) is 18.9 Å². The summed E-state index contributed by atoms with van der Waals surface area (Å²) >= 11 is 7.56. The summed E-state index contributed by atoms with van der Waals surface area (Å²) < 4.78 is 5.20. The third kappa shape index (κ3) is 5.70. The Hall–Kier alpha value is -3.62. The normalized spacial score (nSPS) is 19.0. The fourth-order valence-electron chi connectivity index (χ4n) is 4.27. The van der Waals surface area contributed by atoms with Crippen LogP contribution in [0.3, 0.4) is 0 Å². The maximum atomic E-state index is 12.8. The lowest BCUT2D eigenvalue weighted by Gasteiger charge is -2.23. The van der Waals surface area contributed by atoms with Gasteiger partial charge in [0.15, 0.2) is 5.17 Å². The number of aryl methyl sites for hydroxylation is 1. The van der Waals surface area contributed by atoms with Crippen LogP contribution in [-0.4, -0.2) is 40.1 Å². The second-order valence-corrected chi connectivity index (χ2v) is 10.5. The molecule has 37 heavy (non-hydrogen) atoms. The largest absolute Gasteiger partial charge is 0.497 e. The zero-order chi connectivity index (χ0) is 25.9. The lowest BCUT2D eigenvalue weighted by atomic mass is 9.98. The van der Waals surface area contributed by atoms with E-state index in [-0.39, 0.29) is 24.3 Å². The minimum Gasteiger partial charge on any atom is -0.497 e. The van der Waals surface area contributed by atoms with Gasteiger partial charge < -0.3 is 10.1 Å². The lowest BCUT2D eigenvalue weighted by molar-refractivity contribution is -0.121. The molecule has 0 radical (unpaired) electrons. The number of ether oxygens (including phenoxy) is 1. The van der Waals surface area contributed by atoms with Crippen LogP contribution in [-0.2, 0) is 9.59 Å². The fraction of sp³-hybridized carbons (Fsp3) is 0.214. The van der Waals surface area contributed by atoms with E-state index in [0.29, 0.717) is 28.0 Å². The molecule has 0 spiro atoms. The van der Waals surface area contributed by atoms with E-state index in [9.17, 15) is 9.59 Å². The van der Waals surface area contributed by atoms with Crippen LogP contribution in [0, 0.1) is 6.92 Å². The number of hydrogen-bond donors (Lipinski definition) is 1. The van der Waals surface area contributed by atoms with Crippen molar-refractivity contribution in [3.63, 3.8) is 0 Å². The number of rotatable bonds is 6. The van der Waals surface area contributed by atoms with Gasteiger partial charge in [-0.1, -0.05) is 71.4 Å². The molecule has 0 aromatic heterocycles. The number of amidine groups is 1. The lowest BCUT2D eigenvalue weighted by Crippen LogP contribution is -2.25. The van der Waals surface area contributed by atoms with Gasteiger partial charge in [0.2, 0.25) is 5.91 Å². The van der Waals surface area contributed by atoms with Gasteiger partial charge in [-0.3, -0.25) is 9.59 Å². The molecule has 188 valence electrons. The maximum absolute atomic E-state index is 12.8. The van der Waals surface area contributed by atoms with Gasteiger partial charge in [-0.25, -0.2) is 5.01 Å². The summed E-state index contributed by atoms with van der Waals surface area (Å²) in [6.45, 7) is 2.04. The van der Waals surface area contributed by atoms with Crippen LogP contribution in [0.5, 0.6) is 5.75 Å². The van der Waals surface area contributed by atoms with Crippen molar-refractivity contribution in [1.29, 1.82) is 0 Å². The number of nitrogens with one attached hydrogen (secondary N) is 1. The number of thioether (sulfide) groups is 1. The molecule has 0 saturated carbocycles. The molecule has 2 aliphatic heterocycles. The number of nitrogens with zero attached hydrogens (tertiary/aromatic N) is 3. The number of carbonyl (C=O) groups excluding carboxylic acids is 2. The molecular formula is C28H25ClN4O3S. The highest BCUT2D eigenvalue weighted by Crippen LogP contribution is 2.39. The van der Waals surface area contributed by atoms with E-state index in [2.05, 4.69) is 22.4 Å². The van der Waals surface area contributed by atoms with Crippen LogP contribution in [0.25, 0.3) is 0 Å². The molecule has 0 aliphatic carbocycles. The summed E-state index contributed by atoms with van der Waals surface area (Å²) in [6, 6.07) is 22.8. The molecule has 1 N–H and O–H groups in total. The summed E-state index contributed by atoms with van der Waals surface area (Å²) in [5.74, 6) is 0.0231. The Morgan fingerprint density at radius 1 is 1.14 bits per heavy atom. The number of amides is 2. The van der Waals surface area contributed by atoms with Crippen molar-refractivity contribution in [2.24, 2.45) is 10.1 Å². The number of benzene rings is 3. The van der Waals surface area contributed by atoms with Crippen LogP contribution >= 0.6 is 23.4 Å². The van der Waals surface area contributed by atoms with E-state index in [0.717, 1.165) is 16.8 Å². The molecule has 0 saturated heterocycles. The zero-order valence-electron chi connectivity index (χ0n) is 20.3. The standard InChI is InChI=1S/C28H25ClN4O3S/c1-17-9-11-18(12-10-17)23-15-24(19-5-3-6-20(29)13-19)33(32-23)28-31-27(35)25(37-28)16-26(34)30-21-7-4-8-22(14-21)36-2/h3-14,24-25H,15-16H2,1-2H3,(H,30,34)/t24-,25+/m1/s1. The van der Waals surface area contributed by atoms with Gasteiger partial charge >= 0.3 is 0 Å². The maximum Gasteiger partial charge on any atom is 0.262 e. The number of hydrazone groups is 1. The first kappa shape index (κ1) is 25.0. The van der Waals surface area contributed by atoms with Crippen LogP contribution in [0.2, 0.25) is 5.02 Å². The van der Waals surface area contributed by atoms with E-state index >= 15 is 0 Å². The zero-order valence-corrected chi connectivity index (χ0v) is 21.9. The molecule has 2 aliphatic rings. The molecule has 2 heterocycles. The Morgan fingerprint density at radius 3 is 2.68 bits per heavy atom. The Balaban J connectivity index is 1.34. The Morgan fingerprint density at radius 2 is 1.92 bits per heavy atom. The van der Waals surface area contributed by atoms with Crippen molar-refractivity contribution in [2.75, 3.05) is 12.4 Å². The van der Waals surface area contributed by atoms with Crippen LogP contribution < -0.4 is 10.1 Å². The molecule has 0 unspecified atom stereocenters. The van der Waals surface area contributed by atoms with Crippen molar-refractivity contribution >= 4 is 51.7 Å². The highest BCUT2D eigenvalue weighted by Gasteiger charge is 2.39. The number of methoxy groups -OCH3 is 1. The Kier molecular flexibility index (Phi) is 7.30. The number of hydrogen-bond acceptors (Lipinski definition) is 6. The molecule has 3 aromatic rings. The van der Waals surface area contributed by atoms with Gasteiger partial charge in [0.1, 0.15) is 11.0 Å². The van der Waals surface area contributed by atoms with Gasteiger partial charge in [-0.05, 0) is 42.3 Å². The SMILES string of the molecule is COc1cccc(NC(=O)C[C@@H]2SC(N3N=C(c4ccc(C)cc4)C[C@@H]3c3cccc(Cl)c3)=NC2=O)c1. The van der Waals surface area contributed by atoms with Crippen LogP contribution in [0.4, 0.5) is 5.69 Å². The second-order valence-electron chi connectivity index (χ2n) is 8.86. The third-order valence-corrected chi connectivity index (χ3v) is 7.55. The summed E-state index contributed by atoms with van der Waals surface area (Å²) in [5.41, 5.74) is 4.67. The molecule has 3 aromatic carbocycles. The van der Waals surface area contributed by atoms with Gasteiger partial charge in [-0.2, -0.15) is 10.1 Å². The molecule has 0 fully saturated rings. The quantitative estimate of drug-likeness (QED) is 0.431. The molecule has 7 nitrogen and oxygen atoms in total. The number of halogens is 1. The summed E-state index contributed by atoms with van der Waals surface area (Å²) in [4.78, 5) is 29.8. The van der Waals surface area contributed by atoms with Gasteiger partial charge in [-0.15, -0.1) is 0 Å². The first-order valence-corrected chi connectivity index (χ1v) is 13.1. The van der Waals surface area contributed by atoms with Gasteiger partial charge in [0, 0.05) is 29.6 Å². The van der Waals surface area contributed by atoms with Crippen molar-refractivity contribution < 1.29 is 14.3 Å². The number of aliphatic imine (C=N–C) groups is 1. The van der Waals surface area contributed by atoms with E-state index in [1.165, 1.54) is 17.3 Å². The average molecular weight is 533 g/mol. The summed E-state index contributed by atoms with van der Waals surface area (Å²) in [7, 11) is 1.56. The molecule has 2 atom stereocenters. The topological polar surface area (TPSA) is 83.4 Å². The highest BCUT2D eigenvalue weighted by molar-refractivity contribution is 8.15. The molecule has 9 heteroatoms. The van der Waals surface area contributed by atoms with Crippen LogP contribution in [0.1, 0.15) is 35.6 Å². The van der Waals surface area contributed by atoms with Crippen molar-refractivity contribution in [3.8, 4) is 5.75 Å². The molecule has 5 rings (SSSR count).